The van der Waals surface area contributed by atoms with Crippen LogP contribution in [0.1, 0.15) is 0 Å². The highest BCUT2D eigenvalue weighted by Crippen LogP contribution is 2.38. The predicted molar refractivity (Wildman–Crippen MR) is 81.4 cm³/mol. The third kappa shape index (κ3) is 2.70. The summed E-state index contributed by atoms with van der Waals surface area (Å²) in [5.74, 6) is 1.08. The smallest absolute Gasteiger partial charge is 0.247 e. The highest BCUT2D eigenvalue weighted by atomic mass is 32.1. The van der Waals surface area contributed by atoms with E-state index in [1.165, 1.54) is 28.7 Å². The van der Waals surface area contributed by atoms with Crippen LogP contribution in [0, 0.1) is 0 Å². The van der Waals surface area contributed by atoms with Crippen molar-refractivity contribution in [2.45, 2.75) is 6.54 Å². The van der Waals surface area contributed by atoms with E-state index in [1.807, 2.05) is 0 Å². The molecule has 0 saturated heterocycles. The maximum absolute atomic E-state index is 12.0. The first-order valence-corrected chi connectivity index (χ1v) is 7.16. The second-order valence-corrected chi connectivity index (χ2v) is 5.31. The highest BCUT2D eigenvalue weighted by molar-refractivity contribution is 7.22. The van der Waals surface area contributed by atoms with Gasteiger partial charge in [0.05, 0.1) is 14.2 Å². The molecule has 2 aromatic heterocycles. The summed E-state index contributed by atoms with van der Waals surface area (Å²) in [7, 11) is 3.16. The van der Waals surface area contributed by atoms with Crippen LogP contribution in [-0.2, 0) is 11.3 Å². The summed E-state index contributed by atoms with van der Waals surface area (Å²) >= 11 is 1.33. The minimum atomic E-state index is -0.234. The Morgan fingerprint density at radius 3 is 2.77 bits per heavy atom. The van der Waals surface area contributed by atoms with Crippen LogP contribution < -0.4 is 14.8 Å². The molecule has 0 spiro atoms. The number of carbonyl (C=O) groups excluding carboxylic acids is 1. The molecule has 3 rings (SSSR count). The summed E-state index contributed by atoms with van der Waals surface area (Å²) in [5, 5.41) is 7.10. The Bertz CT molecular complexity index is 758. The number of nitrogens with zero attached hydrogens (tertiary/aromatic N) is 4. The average molecular weight is 319 g/mol. The minimum Gasteiger partial charge on any atom is -0.495 e. The van der Waals surface area contributed by atoms with Gasteiger partial charge in [-0.1, -0.05) is 11.3 Å². The molecule has 1 N–H and O–H groups in total. The molecule has 8 nitrogen and oxygen atoms in total. The number of rotatable bonds is 5. The Morgan fingerprint density at radius 1 is 1.32 bits per heavy atom. The Hall–Kier alpha value is -2.68. The van der Waals surface area contributed by atoms with Crippen LogP contribution >= 0.6 is 11.3 Å². The van der Waals surface area contributed by atoms with Crippen molar-refractivity contribution in [3.8, 4) is 11.5 Å². The second-order valence-electron chi connectivity index (χ2n) is 4.31. The summed E-state index contributed by atoms with van der Waals surface area (Å²) in [4.78, 5) is 20.2. The van der Waals surface area contributed by atoms with Crippen LogP contribution in [0.2, 0.25) is 0 Å². The fraction of sp³-hybridized carbons (Fsp3) is 0.231. The van der Waals surface area contributed by atoms with Gasteiger partial charge in [0, 0.05) is 0 Å². The molecule has 22 heavy (non-hydrogen) atoms. The van der Waals surface area contributed by atoms with Crippen molar-refractivity contribution < 1.29 is 14.3 Å². The van der Waals surface area contributed by atoms with Crippen LogP contribution in [0.5, 0.6) is 11.5 Å². The zero-order chi connectivity index (χ0) is 15.5. The van der Waals surface area contributed by atoms with E-state index in [-0.39, 0.29) is 12.5 Å². The molecule has 9 heteroatoms. The molecule has 2 heterocycles. The molecule has 1 aromatic carbocycles. The number of anilines is 1. The van der Waals surface area contributed by atoms with E-state index in [9.17, 15) is 4.79 Å². The molecular weight excluding hydrogens is 306 g/mol. The fourth-order valence-electron chi connectivity index (χ4n) is 1.96. The van der Waals surface area contributed by atoms with Gasteiger partial charge in [-0.25, -0.2) is 14.6 Å². The highest BCUT2D eigenvalue weighted by Gasteiger charge is 2.15. The molecule has 0 aliphatic heterocycles. The van der Waals surface area contributed by atoms with Crippen LogP contribution in [0.4, 0.5) is 5.13 Å². The van der Waals surface area contributed by atoms with Crippen molar-refractivity contribution in [1.29, 1.82) is 0 Å². The van der Waals surface area contributed by atoms with Crippen molar-refractivity contribution in [3.63, 3.8) is 0 Å². The Kier molecular flexibility index (Phi) is 3.88. The molecule has 3 aromatic rings. The van der Waals surface area contributed by atoms with E-state index in [1.54, 1.807) is 26.4 Å². The Labute approximate surface area is 129 Å². The van der Waals surface area contributed by atoms with Crippen molar-refractivity contribution in [2.24, 2.45) is 0 Å². The van der Waals surface area contributed by atoms with Crippen LogP contribution in [0.25, 0.3) is 10.2 Å². The standard InChI is InChI=1S/C13H13N5O3S/c1-20-8-3-4-9(21-2)12-11(8)17-13(22-12)16-10(19)5-18-7-14-6-15-18/h3-4,6-7H,5H2,1-2H3,(H,16,17,19). The summed E-state index contributed by atoms with van der Waals surface area (Å²) in [6, 6.07) is 3.59. The van der Waals surface area contributed by atoms with E-state index in [4.69, 9.17) is 9.47 Å². The molecule has 0 aliphatic carbocycles. The van der Waals surface area contributed by atoms with Crippen molar-refractivity contribution in [3.05, 3.63) is 24.8 Å². The first-order chi connectivity index (χ1) is 10.7. The number of carbonyl (C=O) groups is 1. The summed E-state index contributed by atoms with van der Waals surface area (Å²) in [6.45, 7) is 0.0736. The maximum atomic E-state index is 12.0. The second kappa shape index (κ2) is 5.98. The van der Waals surface area contributed by atoms with Crippen LogP contribution in [0.3, 0.4) is 0 Å². The number of hydrogen-bond donors (Lipinski definition) is 1. The lowest BCUT2D eigenvalue weighted by Crippen LogP contribution is -2.18. The number of methoxy groups -OCH3 is 2. The predicted octanol–water partition coefficient (Wildman–Crippen LogP) is 1.54. The monoisotopic (exact) mass is 319 g/mol. The number of aromatic nitrogens is 4. The molecule has 0 radical (unpaired) electrons. The number of hydrogen-bond acceptors (Lipinski definition) is 7. The maximum Gasteiger partial charge on any atom is 0.247 e. The summed E-state index contributed by atoms with van der Waals surface area (Å²) < 4.78 is 12.8. The van der Waals surface area contributed by atoms with Gasteiger partial charge in [0.2, 0.25) is 5.91 Å². The molecule has 0 aliphatic rings. The van der Waals surface area contributed by atoms with Gasteiger partial charge in [-0.2, -0.15) is 5.10 Å². The van der Waals surface area contributed by atoms with E-state index >= 15 is 0 Å². The number of benzene rings is 1. The number of ether oxygens (including phenoxy) is 2. The Morgan fingerprint density at radius 2 is 2.09 bits per heavy atom. The van der Waals surface area contributed by atoms with Crippen LogP contribution in [0.15, 0.2) is 24.8 Å². The lowest BCUT2D eigenvalue weighted by Gasteiger charge is -2.03. The van der Waals surface area contributed by atoms with Gasteiger partial charge in [-0.05, 0) is 12.1 Å². The van der Waals surface area contributed by atoms with Gasteiger partial charge < -0.3 is 14.8 Å². The van der Waals surface area contributed by atoms with Gasteiger partial charge in [0.15, 0.2) is 5.13 Å². The fourth-order valence-corrected chi connectivity index (χ4v) is 2.95. The third-order valence-electron chi connectivity index (χ3n) is 2.93. The largest absolute Gasteiger partial charge is 0.495 e. The molecular formula is C13H13N5O3S. The average Bonchev–Trinajstić information content (AvgIpc) is 3.15. The number of amides is 1. The summed E-state index contributed by atoms with van der Waals surface area (Å²) in [6.07, 6.45) is 2.85. The first-order valence-electron chi connectivity index (χ1n) is 6.35. The van der Waals surface area contributed by atoms with Gasteiger partial charge >= 0.3 is 0 Å². The minimum absolute atomic E-state index is 0.0736. The molecule has 0 atom stereocenters. The molecule has 114 valence electrons. The number of thiazole rings is 1. The van der Waals surface area contributed by atoms with Crippen molar-refractivity contribution in [2.75, 3.05) is 19.5 Å². The van der Waals surface area contributed by atoms with Gasteiger partial charge in [0.1, 0.15) is 40.9 Å². The van der Waals surface area contributed by atoms with E-state index in [0.717, 1.165) is 4.70 Å². The lowest BCUT2D eigenvalue weighted by atomic mass is 10.3. The van der Waals surface area contributed by atoms with E-state index in [2.05, 4.69) is 20.4 Å². The lowest BCUT2D eigenvalue weighted by molar-refractivity contribution is -0.116. The zero-order valence-electron chi connectivity index (χ0n) is 11.9. The Balaban J connectivity index is 1.86. The van der Waals surface area contributed by atoms with Gasteiger partial charge in [0.25, 0.3) is 0 Å². The van der Waals surface area contributed by atoms with Crippen molar-refractivity contribution >= 4 is 32.6 Å². The van der Waals surface area contributed by atoms with Crippen molar-refractivity contribution in [1.82, 2.24) is 19.7 Å². The molecule has 0 fully saturated rings. The summed E-state index contributed by atoms with van der Waals surface area (Å²) in [5.41, 5.74) is 0.655. The van der Waals surface area contributed by atoms with Gasteiger partial charge in [-0.3, -0.25) is 4.79 Å². The SMILES string of the molecule is COc1ccc(OC)c2sc(NC(=O)Cn3cncn3)nc12. The first kappa shape index (κ1) is 14.3. The topological polar surface area (TPSA) is 91.2 Å². The number of nitrogens with one attached hydrogen (secondary N) is 1. The molecule has 0 bridgehead atoms. The normalized spacial score (nSPS) is 10.6. The molecule has 1 amide bonds. The van der Waals surface area contributed by atoms with E-state index < -0.39 is 0 Å². The van der Waals surface area contributed by atoms with E-state index in [0.29, 0.717) is 22.1 Å². The van der Waals surface area contributed by atoms with Crippen LogP contribution in [-0.4, -0.2) is 39.9 Å². The quantitative estimate of drug-likeness (QED) is 0.767. The third-order valence-corrected chi connectivity index (χ3v) is 3.91. The number of fused-ring (bicyclic) bond motifs is 1. The molecule has 0 unspecified atom stereocenters. The zero-order valence-corrected chi connectivity index (χ0v) is 12.8. The van der Waals surface area contributed by atoms with Gasteiger partial charge in [-0.15, -0.1) is 0 Å². The molecule has 0 saturated carbocycles.